The predicted molar refractivity (Wildman–Crippen MR) is 91.6 cm³/mol. The van der Waals surface area contributed by atoms with E-state index in [0.29, 0.717) is 29.0 Å². The van der Waals surface area contributed by atoms with Crippen LogP contribution in [0.4, 0.5) is 0 Å². The number of fused-ring (bicyclic) bond motifs is 1. The van der Waals surface area contributed by atoms with Crippen molar-refractivity contribution in [3.05, 3.63) is 70.1 Å². The molecule has 0 aliphatic carbocycles. The normalized spacial score (nSPS) is 10.4. The smallest absolute Gasteiger partial charge is 0.259 e. The Hall–Kier alpha value is -3.26. The Morgan fingerprint density at radius 1 is 1.08 bits per heavy atom. The summed E-state index contributed by atoms with van der Waals surface area (Å²) >= 11 is 0. The fraction of sp³-hybridized carbons (Fsp3) is 0.158. The fourth-order valence-electron chi connectivity index (χ4n) is 2.70. The summed E-state index contributed by atoms with van der Waals surface area (Å²) in [6.07, 6.45) is 1.72. The molecular weight excluding hydrogens is 304 g/mol. The third-order valence-electron chi connectivity index (χ3n) is 3.96. The van der Waals surface area contributed by atoms with Crippen molar-refractivity contribution in [2.75, 3.05) is 14.2 Å². The van der Waals surface area contributed by atoms with Gasteiger partial charge in [-0.2, -0.15) is 5.26 Å². The Balaban J connectivity index is 2.15. The van der Waals surface area contributed by atoms with Gasteiger partial charge in [-0.05, 0) is 23.8 Å². The van der Waals surface area contributed by atoms with Gasteiger partial charge >= 0.3 is 0 Å². The number of hydrogen-bond donors (Lipinski definition) is 0. The molecule has 3 aromatic rings. The highest BCUT2D eigenvalue weighted by Crippen LogP contribution is 2.29. The second kappa shape index (κ2) is 6.47. The molecule has 0 saturated carbocycles. The minimum absolute atomic E-state index is 0.155. The van der Waals surface area contributed by atoms with Crippen LogP contribution in [-0.4, -0.2) is 18.8 Å². The van der Waals surface area contributed by atoms with E-state index >= 15 is 0 Å². The Kier molecular flexibility index (Phi) is 4.21. The predicted octanol–water partition coefficient (Wildman–Crippen LogP) is 2.94. The Morgan fingerprint density at radius 3 is 2.58 bits per heavy atom. The van der Waals surface area contributed by atoms with Crippen LogP contribution in [0.25, 0.3) is 10.8 Å². The third-order valence-corrected chi connectivity index (χ3v) is 3.96. The van der Waals surface area contributed by atoms with E-state index in [1.165, 1.54) is 0 Å². The number of methoxy groups -OCH3 is 2. The molecule has 5 nitrogen and oxygen atoms in total. The molecule has 24 heavy (non-hydrogen) atoms. The Bertz CT molecular complexity index is 1000. The maximum Gasteiger partial charge on any atom is 0.259 e. The van der Waals surface area contributed by atoms with Crippen LogP contribution in [0, 0.1) is 11.3 Å². The molecule has 0 aliphatic heterocycles. The van der Waals surface area contributed by atoms with E-state index < -0.39 is 0 Å². The van der Waals surface area contributed by atoms with Crippen LogP contribution in [0.1, 0.15) is 11.1 Å². The molecule has 1 heterocycles. The van der Waals surface area contributed by atoms with E-state index in [9.17, 15) is 10.1 Å². The quantitative estimate of drug-likeness (QED) is 0.741. The largest absolute Gasteiger partial charge is 0.497 e. The van der Waals surface area contributed by atoms with Gasteiger partial charge in [-0.15, -0.1) is 0 Å². The topological polar surface area (TPSA) is 64.2 Å². The van der Waals surface area contributed by atoms with Gasteiger partial charge in [0.2, 0.25) is 0 Å². The number of aromatic nitrogens is 1. The number of benzene rings is 2. The van der Waals surface area contributed by atoms with Gasteiger partial charge in [-0.1, -0.05) is 18.2 Å². The first-order chi connectivity index (χ1) is 11.7. The molecule has 0 radical (unpaired) electrons. The average molecular weight is 320 g/mol. The van der Waals surface area contributed by atoms with Gasteiger partial charge in [-0.3, -0.25) is 4.79 Å². The van der Waals surface area contributed by atoms with Crippen molar-refractivity contribution < 1.29 is 9.47 Å². The molecule has 0 N–H and O–H groups in total. The Labute approximate surface area is 139 Å². The first kappa shape index (κ1) is 15.6. The van der Waals surface area contributed by atoms with Gasteiger partial charge in [0.25, 0.3) is 5.56 Å². The van der Waals surface area contributed by atoms with Crippen molar-refractivity contribution in [3.8, 4) is 17.6 Å². The van der Waals surface area contributed by atoms with Crippen LogP contribution in [0.3, 0.4) is 0 Å². The SMILES string of the molecule is COc1cc(OC)c2ccn(Cc3ccccc3C#N)c(=O)c2c1. The van der Waals surface area contributed by atoms with Gasteiger partial charge in [-0.25, -0.2) is 0 Å². The van der Waals surface area contributed by atoms with Crippen LogP contribution < -0.4 is 15.0 Å². The summed E-state index contributed by atoms with van der Waals surface area (Å²) < 4.78 is 12.2. The molecule has 1 aromatic heterocycles. The van der Waals surface area contributed by atoms with Gasteiger partial charge in [0.05, 0.1) is 37.8 Å². The van der Waals surface area contributed by atoms with Gasteiger partial charge in [0.15, 0.2) is 0 Å². The lowest BCUT2D eigenvalue weighted by Gasteiger charge is -2.12. The van der Waals surface area contributed by atoms with Gasteiger partial charge in [0, 0.05) is 17.6 Å². The van der Waals surface area contributed by atoms with Crippen molar-refractivity contribution in [2.24, 2.45) is 0 Å². The summed E-state index contributed by atoms with van der Waals surface area (Å²) in [5.74, 6) is 1.15. The van der Waals surface area contributed by atoms with Crippen molar-refractivity contribution in [1.82, 2.24) is 4.57 Å². The van der Waals surface area contributed by atoms with Crippen LogP contribution in [-0.2, 0) is 6.54 Å². The first-order valence-corrected chi connectivity index (χ1v) is 7.41. The molecule has 0 aliphatic rings. The molecule has 3 rings (SSSR count). The highest BCUT2D eigenvalue weighted by Gasteiger charge is 2.11. The standard InChI is InChI=1S/C19H16N2O3/c1-23-15-9-17-16(18(10-15)24-2)7-8-21(19(17)22)12-14-6-4-3-5-13(14)11-20/h3-10H,12H2,1-2H3. The van der Waals surface area contributed by atoms with E-state index in [0.717, 1.165) is 10.9 Å². The van der Waals surface area contributed by atoms with Crippen molar-refractivity contribution in [3.63, 3.8) is 0 Å². The van der Waals surface area contributed by atoms with E-state index in [1.54, 1.807) is 49.2 Å². The molecule has 2 aromatic carbocycles. The second-order valence-corrected chi connectivity index (χ2v) is 5.31. The number of rotatable bonds is 4. The summed E-state index contributed by atoms with van der Waals surface area (Å²) in [5, 5.41) is 10.5. The number of ether oxygens (including phenoxy) is 2. The van der Waals surface area contributed by atoms with Crippen LogP contribution in [0.2, 0.25) is 0 Å². The number of hydrogen-bond acceptors (Lipinski definition) is 4. The Morgan fingerprint density at radius 2 is 1.88 bits per heavy atom. The summed E-state index contributed by atoms with van der Waals surface area (Å²) in [5.41, 5.74) is 1.21. The molecular formula is C19H16N2O3. The molecule has 5 heteroatoms. The lowest BCUT2D eigenvalue weighted by atomic mass is 10.1. The van der Waals surface area contributed by atoms with Crippen LogP contribution in [0.15, 0.2) is 53.5 Å². The van der Waals surface area contributed by atoms with E-state index in [4.69, 9.17) is 9.47 Å². The lowest BCUT2D eigenvalue weighted by Crippen LogP contribution is -2.20. The molecule has 0 spiro atoms. The summed E-state index contributed by atoms with van der Waals surface area (Å²) in [6, 6.07) is 14.7. The highest BCUT2D eigenvalue weighted by atomic mass is 16.5. The third kappa shape index (κ3) is 2.70. The second-order valence-electron chi connectivity index (χ2n) is 5.31. The number of nitrogens with zero attached hydrogens (tertiary/aromatic N) is 2. The van der Waals surface area contributed by atoms with Crippen LogP contribution in [0.5, 0.6) is 11.5 Å². The molecule has 0 fully saturated rings. The average Bonchev–Trinajstić information content (AvgIpc) is 2.63. The summed E-state index contributed by atoms with van der Waals surface area (Å²) in [4.78, 5) is 12.8. The number of pyridine rings is 1. The molecule has 0 saturated heterocycles. The molecule has 0 bridgehead atoms. The fourth-order valence-corrected chi connectivity index (χ4v) is 2.70. The summed E-state index contributed by atoms with van der Waals surface area (Å²) in [7, 11) is 3.11. The van der Waals surface area contributed by atoms with Crippen molar-refractivity contribution in [1.29, 1.82) is 5.26 Å². The molecule has 0 atom stereocenters. The highest BCUT2D eigenvalue weighted by molar-refractivity contribution is 5.89. The zero-order valence-electron chi connectivity index (χ0n) is 13.4. The van der Waals surface area contributed by atoms with Crippen molar-refractivity contribution in [2.45, 2.75) is 6.54 Å². The van der Waals surface area contributed by atoms with E-state index in [-0.39, 0.29) is 5.56 Å². The van der Waals surface area contributed by atoms with E-state index in [2.05, 4.69) is 6.07 Å². The minimum Gasteiger partial charge on any atom is -0.497 e. The zero-order valence-corrected chi connectivity index (χ0v) is 13.4. The molecule has 120 valence electrons. The lowest BCUT2D eigenvalue weighted by molar-refractivity contribution is 0.398. The molecule has 0 unspecified atom stereocenters. The summed E-state index contributed by atoms with van der Waals surface area (Å²) in [6.45, 7) is 0.331. The first-order valence-electron chi connectivity index (χ1n) is 7.41. The van der Waals surface area contributed by atoms with E-state index in [1.807, 2.05) is 18.2 Å². The molecule has 0 amide bonds. The number of nitriles is 1. The maximum absolute atomic E-state index is 12.8. The minimum atomic E-state index is -0.155. The zero-order chi connectivity index (χ0) is 17.1. The van der Waals surface area contributed by atoms with Crippen LogP contribution >= 0.6 is 0 Å². The monoisotopic (exact) mass is 320 g/mol. The van der Waals surface area contributed by atoms with Gasteiger partial charge in [0.1, 0.15) is 11.5 Å². The van der Waals surface area contributed by atoms with Crippen molar-refractivity contribution >= 4 is 10.8 Å². The van der Waals surface area contributed by atoms with Gasteiger partial charge < -0.3 is 14.0 Å². The maximum atomic E-state index is 12.8.